The largest absolute Gasteiger partial charge is 0.461 e. The second-order valence-electron chi connectivity index (χ2n) is 7.87. The Morgan fingerprint density at radius 2 is 1.95 bits per heavy atom. The molecule has 0 aromatic heterocycles. The summed E-state index contributed by atoms with van der Waals surface area (Å²) in [7, 11) is 0. The fraction of sp³-hybridized carbons (Fsp3) is 0.944. The molecule has 1 heterocycles. The smallest absolute Gasteiger partial charge is 0.306 e. The summed E-state index contributed by atoms with van der Waals surface area (Å²) in [5.74, 6) is 1.32. The molecule has 0 N–H and O–H groups in total. The van der Waals surface area contributed by atoms with E-state index < -0.39 is 0 Å². The fourth-order valence-electron chi connectivity index (χ4n) is 4.73. The van der Waals surface area contributed by atoms with Crippen LogP contribution in [0.15, 0.2) is 0 Å². The van der Waals surface area contributed by atoms with Gasteiger partial charge in [0.25, 0.3) is 0 Å². The number of fused-ring (bicyclic) bond motifs is 1. The maximum atomic E-state index is 12.1. The predicted molar refractivity (Wildman–Crippen MR) is 81.9 cm³/mol. The highest BCUT2D eigenvalue weighted by Gasteiger charge is 2.61. The summed E-state index contributed by atoms with van der Waals surface area (Å²) in [5.41, 5.74) is 0.000195. The van der Waals surface area contributed by atoms with Crippen LogP contribution in [-0.2, 0) is 14.3 Å². The second kappa shape index (κ2) is 6.28. The molecule has 3 fully saturated rings. The molecule has 1 aliphatic heterocycles. The standard InChI is InChI=1S/C18H30O3/c1-18(2)16-14(11-12-20-16)17(18)21-15(19)10-6-9-13-7-4-3-5-8-13/h13-14,16-17H,3-12H2,1-2H3. The third-order valence-electron chi connectivity index (χ3n) is 5.97. The maximum absolute atomic E-state index is 12.1. The van der Waals surface area contributed by atoms with Crippen molar-refractivity contribution in [3.8, 4) is 0 Å². The molecular weight excluding hydrogens is 264 g/mol. The molecule has 3 rings (SSSR count). The number of carbonyl (C=O) groups is 1. The van der Waals surface area contributed by atoms with Gasteiger partial charge in [0.2, 0.25) is 0 Å². The lowest BCUT2D eigenvalue weighted by Gasteiger charge is -2.53. The molecule has 3 nitrogen and oxygen atoms in total. The summed E-state index contributed by atoms with van der Waals surface area (Å²) >= 11 is 0. The Labute approximate surface area is 128 Å². The number of hydrogen-bond acceptors (Lipinski definition) is 3. The summed E-state index contributed by atoms with van der Waals surface area (Å²) in [4.78, 5) is 12.1. The molecule has 0 radical (unpaired) electrons. The van der Waals surface area contributed by atoms with Crippen LogP contribution in [0, 0.1) is 17.3 Å². The van der Waals surface area contributed by atoms with Crippen molar-refractivity contribution in [1.29, 1.82) is 0 Å². The van der Waals surface area contributed by atoms with Crippen molar-refractivity contribution in [3.05, 3.63) is 0 Å². The first-order valence-corrected chi connectivity index (χ1v) is 8.90. The lowest BCUT2D eigenvalue weighted by Crippen LogP contribution is -2.61. The first-order valence-electron chi connectivity index (χ1n) is 8.90. The van der Waals surface area contributed by atoms with Crippen LogP contribution >= 0.6 is 0 Å². The molecule has 2 saturated carbocycles. The molecule has 21 heavy (non-hydrogen) atoms. The Morgan fingerprint density at radius 1 is 1.19 bits per heavy atom. The van der Waals surface area contributed by atoms with Gasteiger partial charge in [-0.25, -0.2) is 0 Å². The second-order valence-corrected chi connectivity index (χ2v) is 7.87. The highest BCUT2D eigenvalue weighted by Crippen LogP contribution is 2.53. The van der Waals surface area contributed by atoms with Gasteiger partial charge in [0, 0.05) is 24.4 Å². The highest BCUT2D eigenvalue weighted by atomic mass is 16.6. The van der Waals surface area contributed by atoms with E-state index in [2.05, 4.69) is 13.8 Å². The molecule has 0 spiro atoms. The molecule has 3 atom stereocenters. The van der Waals surface area contributed by atoms with E-state index in [1.165, 1.54) is 38.5 Å². The molecule has 3 heteroatoms. The van der Waals surface area contributed by atoms with E-state index in [4.69, 9.17) is 9.47 Å². The van der Waals surface area contributed by atoms with E-state index in [9.17, 15) is 4.79 Å². The lowest BCUT2D eigenvalue weighted by molar-refractivity contribution is -0.210. The van der Waals surface area contributed by atoms with Crippen LogP contribution in [0.5, 0.6) is 0 Å². The normalized spacial score (nSPS) is 35.0. The third-order valence-corrected chi connectivity index (χ3v) is 5.97. The van der Waals surface area contributed by atoms with Gasteiger partial charge in [-0.1, -0.05) is 46.0 Å². The summed E-state index contributed by atoms with van der Waals surface area (Å²) in [5, 5.41) is 0. The SMILES string of the molecule is CC1(C)C2OCCC2C1OC(=O)CCCC1CCCCC1. The van der Waals surface area contributed by atoms with Crippen LogP contribution in [-0.4, -0.2) is 24.8 Å². The molecule has 0 aromatic carbocycles. The van der Waals surface area contributed by atoms with E-state index in [1.54, 1.807) is 0 Å². The van der Waals surface area contributed by atoms with Crippen molar-refractivity contribution < 1.29 is 14.3 Å². The molecular formula is C18H30O3. The van der Waals surface area contributed by atoms with Crippen molar-refractivity contribution >= 4 is 5.97 Å². The average Bonchev–Trinajstić information content (AvgIpc) is 2.93. The zero-order chi connectivity index (χ0) is 14.9. The number of ether oxygens (including phenoxy) is 2. The van der Waals surface area contributed by atoms with Gasteiger partial charge in [0.1, 0.15) is 6.10 Å². The quantitative estimate of drug-likeness (QED) is 0.716. The number of hydrogen-bond donors (Lipinski definition) is 0. The van der Waals surface area contributed by atoms with E-state index in [0.717, 1.165) is 25.4 Å². The third kappa shape index (κ3) is 3.13. The molecule has 0 amide bonds. The van der Waals surface area contributed by atoms with Gasteiger partial charge in [-0.05, 0) is 25.2 Å². The van der Waals surface area contributed by atoms with Crippen molar-refractivity contribution in [3.63, 3.8) is 0 Å². The lowest BCUT2D eigenvalue weighted by atomic mass is 9.59. The summed E-state index contributed by atoms with van der Waals surface area (Å²) < 4.78 is 11.5. The molecule has 2 aliphatic carbocycles. The molecule has 3 unspecified atom stereocenters. The van der Waals surface area contributed by atoms with Gasteiger partial charge in [-0.3, -0.25) is 4.79 Å². The maximum Gasteiger partial charge on any atom is 0.306 e. The van der Waals surface area contributed by atoms with Crippen molar-refractivity contribution in [2.45, 2.75) is 83.8 Å². The summed E-state index contributed by atoms with van der Waals surface area (Å²) in [6.07, 6.45) is 11.1. The van der Waals surface area contributed by atoms with Crippen LogP contribution in [0.2, 0.25) is 0 Å². The Balaban J connectivity index is 1.38. The fourth-order valence-corrected chi connectivity index (χ4v) is 4.73. The van der Waals surface area contributed by atoms with Crippen LogP contribution in [0.25, 0.3) is 0 Å². The van der Waals surface area contributed by atoms with Gasteiger partial charge >= 0.3 is 5.97 Å². The van der Waals surface area contributed by atoms with Gasteiger partial charge < -0.3 is 9.47 Å². The Morgan fingerprint density at radius 3 is 2.71 bits per heavy atom. The van der Waals surface area contributed by atoms with Gasteiger partial charge in [0.05, 0.1) is 6.10 Å². The Hall–Kier alpha value is -0.570. The van der Waals surface area contributed by atoms with E-state index in [1.807, 2.05) is 0 Å². The molecule has 3 aliphatic rings. The zero-order valence-electron chi connectivity index (χ0n) is 13.6. The monoisotopic (exact) mass is 294 g/mol. The number of rotatable bonds is 5. The molecule has 0 bridgehead atoms. The van der Waals surface area contributed by atoms with Crippen LogP contribution in [0.4, 0.5) is 0 Å². The predicted octanol–water partition coefficient (Wildman–Crippen LogP) is 4.09. The Kier molecular flexibility index (Phi) is 4.58. The van der Waals surface area contributed by atoms with Gasteiger partial charge in [-0.15, -0.1) is 0 Å². The van der Waals surface area contributed by atoms with Crippen LogP contribution in [0.1, 0.15) is 71.6 Å². The zero-order valence-corrected chi connectivity index (χ0v) is 13.6. The number of esters is 1. The van der Waals surface area contributed by atoms with Gasteiger partial charge in [0.15, 0.2) is 0 Å². The summed E-state index contributed by atoms with van der Waals surface area (Å²) in [6, 6.07) is 0. The highest BCUT2D eigenvalue weighted by molar-refractivity contribution is 5.69. The first kappa shape index (κ1) is 15.3. The van der Waals surface area contributed by atoms with Crippen molar-refractivity contribution in [1.82, 2.24) is 0 Å². The van der Waals surface area contributed by atoms with Crippen LogP contribution in [0.3, 0.4) is 0 Å². The molecule has 0 aromatic rings. The van der Waals surface area contributed by atoms with Crippen molar-refractivity contribution in [2.75, 3.05) is 6.61 Å². The molecule has 1 saturated heterocycles. The summed E-state index contributed by atoms with van der Waals surface area (Å²) in [6.45, 7) is 5.16. The minimum atomic E-state index is 0.000195. The minimum absolute atomic E-state index is 0.000195. The first-order chi connectivity index (χ1) is 10.1. The topological polar surface area (TPSA) is 35.5 Å². The van der Waals surface area contributed by atoms with E-state index >= 15 is 0 Å². The van der Waals surface area contributed by atoms with Crippen LogP contribution < -0.4 is 0 Å². The Bertz CT molecular complexity index is 371. The van der Waals surface area contributed by atoms with E-state index in [0.29, 0.717) is 18.4 Å². The number of carbonyl (C=O) groups excluding carboxylic acids is 1. The molecule has 120 valence electrons. The average molecular weight is 294 g/mol. The van der Waals surface area contributed by atoms with E-state index in [-0.39, 0.29) is 17.5 Å². The van der Waals surface area contributed by atoms with Crippen molar-refractivity contribution in [2.24, 2.45) is 17.3 Å². The van der Waals surface area contributed by atoms with Gasteiger partial charge in [-0.2, -0.15) is 0 Å². The minimum Gasteiger partial charge on any atom is -0.461 e.